The summed E-state index contributed by atoms with van der Waals surface area (Å²) in [6, 6.07) is 12.2. The number of halogens is 3. The summed E-state index contributed by atoms with van der Waals surface area (Å²) in [7, 11) is 0. The highest BCUT2D eigenvalue weighted by atomic mass is 32.1. The number of hydrogen-bond acceptors (Lipinski definition) is 4. The number of alkyl halides is 3. The van der Waals surface area contributed by atoms with Crippen molar-refractivity contribution in [3.8, 4) is 16.3 Å². The number of thiazole rings is 1. The number of para-hydroxylation sites is 1. The third-order valence-corrected chi connectivity index (χ3v) is 5.95. The molecule has 0 fully saturated rings. The van der Waals surface area contributed by atoms with Gasteiger partial charge in [-0.2, -0.15) is 13.2 Å². The van der Waals surface area contributed by atoms with Gasteiger partial charge in [-0.3, -0.25) is 4.79 Å². The van der Waals surface area contributed by atoms with Gasteiger partial charge in [0.2, 0.25) is 0 Å². The summed E-state index contributed by atoms with van der Waals surface area (Å²) in [6.45, 7) is 1.85. The molecule has 9 heteroatoms. The molecule has 0 unspecified atom stereocenters. The van der Waals surface area contributed by atoms with Gasteiger partial charge in [0.05, 0.1) is 21.7 Å². The first kappa shape index (κ1) is 20.9. The van der Waals surface area contributed by atoms with Gasteiger partial charge in [0, 0.05) is 17.1 Å². The van der Waals surface area contributed by atoms with Gasteiger partial charge in [0.1, 0.15) is 23.9 Å². The summed E-state index contributed by atoms with van der Waals surface area (Å²) in [5.74, 6) is -0.403. The molecule has 0 saturated heterocycles. The molecule has 0 saturated carbocycles. The van der Waals surface area contributed by atoms with Gasteiger partial charge < -0.3 is 14.4 Å². The van der Waals surface area contributed by atoms with Crippen LogP contribution in [0.3, 0.4) is 0 Å². The van der Waals surface area contributed by atoms with Crippen molar-refractivity contribution in [2.45, 2.75) is 26.3 Å². The van der Waals surface area contributed by atoms with E-state index < -0.39 is 17.7 Å². The zero-order valence-electron chi connectivity index (χ0n) is 16.3. The van der Waals surface area contributed by atoms with Crippen molar-refractivity contribution in [1.82, 2.24) is 9.55 Å². The molecule has 2 aromatic carbocycles. The minimum atomic E-state index is -4.38. The van der Waals surface area contributed by atoms with E-state index >= 15 is 0 Å². The zero-order valence-corrected chi connectivity index (χ0v) is 17.1. The highest BCUT2D eigenvalue weighted by Crippen LogP contribution is 2.34. The van der Waals surface area contributed by atoms with Gasteiger partial charge in [-0.1, -0.05) is 24.3 Å². The molecule has 0 aliphatic carbocycles. The van der Waals surface area contributed by atoms with Crippen LogP contribution in [0, 0.1) is 6.92 Å². The second-order valence-electron chi connectivity index (χ2n) is 6.92. The predicted octanol–water partition coefficient (Wildman–Crippen LogP) is 5.76. The normalized spacial score (nSPS) is 11.7. The maximum absolute atomic E-state index is 12.8. The standard InChI is InChI=1S/C22H17F3N2O3S/c1-13-18(31-21(26-13)15-5-7-16(8-6-15)22(23,24)25)12-30-17-4-2-3-14-9-10-27(20(14)17)11-19(28)29/h2-10H,11-12H2,1H3,(H,28,29). The minimum absolute atomic E-state index is 0.179. The van der Waals surface area contributed by atoms with E-state index in [1.807, 2.05) is 25.1 Å². The first-order chi connectivity index (χ1) is 14.7. The fraction of sp³-hybridized carbons (Fsp3) is 0.182. The van der Waals surface area contributed by atoms with Crippen LogP contribution in [0.4, 0.5) is 13.2 Å². The smallest absolute Gasteiger partial charge is 0.416 e. The number of carboxylic acids is 1. The highest BCUT2D eigenvalue weighted by Gasteiger charge is 2.30. The monoisotopic (exact) mass is 446 g/mol. The van der Waals surface area contributed by atoms with E-state index in [1.165, 1.54) is 23.5 Å². The first-order valence-electron chi connectivity index (χ1n) is 9.29. The lowest BCUT2D eigenvalue weighted by Crippen LogP contribution is -2.08. The van der Waals surface area contributed by atoms with Gasteiger partial charge in [0.15, 0.2) is 0 Å². The number of carbonyl (C=O) groups is 1. The maximum atomic E-state index is 12.8. The first-order valence-corrected chi connectivity index (χ1v) is 10.1. The third kappa shape index (κ3) is 4.41. The highest BCUT2D eigenvalue weighted by molar-refractivity contribution is 7.15. The zero-order chi connectivity index (χ0) is 22.2. The molecule has 4 rings (SSSR count). The second kappa shape index (κ2) is 8.07. The van der Waals surface area contributed by atoms with Gasteiger partial charge >= 0.3 is 12.1 Å². The Kier molecular flexibility index (Phi) is 5.45. The number of aryl methyl sites for hydroxylation is 1. The average molecular weight is 446 g/mol. The van der Waals surface area contributed by atoms with Crippen LogP contribution >= 0.6 is 11.3 Å². The third-order valence-electron chi connectivity index (χ3n) is 4.77. The van der Waals surface area contributed by atoms with Crippen LogP contribution in [0.15, 0.2) is 54.7 Å². The molecule has 0 atom stereocenters. The summed E-state index contributed by atoms with van der Waals surface area (Å²) in [4.78, 5) is 16.4. The molecule has 31 heavy (non-hydrogen) atoms. The van der Waals surface area contributed by atoms with Crippen molar-refractivity contribution >= 4 is 28.2 Å². The van der Waals surface area contributed by atoms with E-state index in [0.717, 1.165) is 28.1 Å². The molecule has 0 aliphatic rings. The van der Waals surface area contributed by atoms with Crippen molar-refractivity contribution in [3.63, 3.8) is 0 Å². The molecular formula is C22H17F3N2O3S. The summed E-state index contributed by atoms with van der Waals surface area (Å²) in [6.07, 6.45) is -2.68. The lowest BCUT2D eigenvalue weighted by molar-refractivity contribution is -0.138. The molecule has 2 aromatic heterocycles. The number of rotatable bonds is 6. The number of aliphatic carboxylic acids is 1. The average Bonchev–Trinajstić information content (AvgIpc) is 3.29. The van der Waals surface area contributed by atoms with Crippen LogP contribution in [-0.4, -0.2) is 20.6 Å². The molecule has 0 aliphatic heterocycles. The predicted molar refractivity (Wildman–Crippen MR) is 111 cm³/mol. The number of nitrogens with zero attached hydrogens (tertiary/aromatic N) is 2. The molecule has 0 spiro atoms. The van der Waals surface area contributed by atoms with Crippen LogP contribution in [0.1, 0.15) is 16.1 Å². The van der Waals surface area contributed by atoms with Crippen molar-refractivity contribution < 1.29 is 27.8 Å². The molecule has 4 aromatic rings. The Hall–Kier alpha value is -3.33. The fourth-order valence-electron chi connectivity index (χ4n) is 3.25. The summed E-state index contributed by atoms with van der Waals surface area (Å²) < 4.78 is 45.9. The maximum Gasteiger partial charge on any atom is 0.416 e. The molecule has 0 amide bonds. The van der Waals surface area contributed by atoms with Crippen LogP contribution in [0.2, 0.25) is 0 Å². The Morgan fingerprint density at radius 2 is 1.90 bits per heavy atom. The lowest BCUT2D eigenvalue weighted by atomic mass is 10.1. The van der Waals surface area contributed by atoms with Gasteiger partial charge in [-0.25, -0.2) is 4.98 Å². The molecule has 1 N–H and O–H groups in total. The summed E-state index contributed by atoms with van der Waals surface area (Å²) in [5, 5.41) is 10.6. The Morgan fingerprint density at radius 3 is 2.58 bits per heavy atom. The SMILES string of the molecule is Cc1nc(-c2ccc(C(F)(F)F)cc2)sc1COc1cccc2ccn(CC(=O)O)c12. The van der Waals surface area contributed by atoms with E-state index in [-0.39, 0.29) is 13.2 Å². The Labute approximate surface area is 179 Å². The molecule has 160 valence electrons. The van der Waals surface area contributed by atoms with Crippen molar-refractivity contribution in [2.75, 3.05) is 0 Å². The van der Waals surface area contributed by atoms with Crippen molar-refractivity contribution in [2.24, 2.45) is 0 Å². The Morgan fingerprint density at radius 1 is 1.16 bits per heavy atom. The number of fused-ring (bicyclic) bond motifs is 1. The van der Waals surface area contributed by atoms with Crippen LogP contribution < -0.4 is 4.74 Å². The number of ether oxygens (including phenoxy) is 1. The number of carboxylic acid groups (broad SMARTS) is 1. The van der Waals surface area contributed by atoms with Crippen molar-refractivity contribution in [1.29, 1.82) is 0 Å². The van der Waals surface area contributed by atoms with Crippen LogP contribution in [0.25, 0.3) is 21.5 Å². The molecule has 0 radical (unpaired) electrons. The fourth-order valence-corrected chi connectivity index (χ4v) is 4.23. The number of aromatic nitrogens is 2. The minimum Gasteiger partial charge on any atom is -0.486 e. The number of hydrogen-bond donors (Lipinski definition) is 1. The van der Waals surface area contributed by atoms with Crippen molar-refractivity contribution in [3.05, 3.63) is 70.9 Å². The summed E-state index contributed by atoms with van der Waals surface area (Å²) in [5.41, 5.74) is 1.32. The van der Waals surface area contributed by atoms with E-state index in [9.17, 15) is 18.0 Å². The van der Waals surface area contributed by atoms with Crippen LogP contribution in [-0.2, 0) is 24.1 Å². The van der Waals surface area contributed by atoms with E-state index in [0.29, 0.717) is 21.8 Å². The molecular weight excluding hydrogens is 429 g/mol. The quantitative estimate of drug-likeness (QED) is 0.409. The number of benzene rings is 2. The second-order valence-corrected chi connectivity index (χ2v) is 8.01. The van der Waals surface area contributed by atoms with E-state index in [4.69, 9.17) is 9.84 Å². The Bertz CT molecular complexity index is 1240. The van der Waals surface area contributed by atoms with Gasteiger partial charge in [-0.15, -0.1) is 11.3 Å². The van der Waals surface area contributed by atoms with E-state index in [2.05, 4.69) is 4.98 Å². The largest absolute Gasteiger partial charge is 0.486 e. The van der Waals surface area contributed by atoms with E-state index in [1.54, 1.807) is 16.8 Å². The van der Waals surface area contributed by atoms with Gasteiger partial charge in [0.25, 0.3) is 0 Å². The molecule has 0 bridgehead atoms. The van der Waals surface area contributed by atoms with Gasteiger partial charge in [-0.05, 0) is 31.2 Å². The topological polar surface area (TPSA) is 64.4 Å². The molecule has 2 heterocycles. The lowest BCUT2D eigenvalue weighted by Gasteiger charge is -2.10. The van der Waals surface area contributed by atoms with Crippen LogP contribution in [0.5, 0.6) is 5.75 Å². The summed E-state index contributed by atoms with van der Waals surface area (Å²) >= 11 is 1.35. The molecule has 5 nitrogen and oxygen atoms in total. The Balaban J connectivity index is 1.56.